The van der Waals surface area contributed by atoms with Crippen LogP contribution in [0.25, 0.3) is 0 Å². The van der Waals surface area contributed by atoms with Crippen molar-refractivity contribution in [1.82, 2.24) is 4.98 Å². The summed E-state index contributed by atoms with van der Waals surface area (Å²) < 4.78 is 11.3. The standard InChI is InChI=1S/C16H16N2O2/c1-16(2,13-5-4-8-18-11-13)20-14-7-6-12(10-17)9-15(14)19-3/h4-9,11H,1-3H3. The zero-order valence-electron chi connectivity index (χ0n) is 11.8. The summed E-state index contributed by atoms with van der Waals surface area (Å²) >= 11 is 0. The number of rotatable bonds is 4. The summed E-state index contributed by atoms with van der Waals surface area (Å²) in [5, 5.41) is 8.90. The molecule has 0 aliphatic heterocycles. The Bertz CT molecular complexity index is 631. The van der Waals surface area contributed by atoms with Gasteiger partial charge in [0.1, 0.15) is 5.60 Å². The van der Waals surface area contributed by atoms with Crippen LogP contribution in [0, 0.1) is 11.3 Å². The fraction of sp³-hybridized carbons (Fsp3) is 0.250. The molecule has 0 spiro atoms. The van der Waals surface area contributed by atoms with Gasteiger partial charge < -0.3 is 9.47 Å². The van der Waals surface area contributed by atoms with Crippen LogP contribution in [0.3, 0.4) is 0 Å². The predicted octanol–water partition coefficient (Wildman–Crippen LogP) is 3.28. The van der Waals surface area contributed by atoms with Crippen molar-refractivity contribution in [3.8, 4) is 17.6 Å². The van der Waals surface area contributed by atoms with Gasteiger partial charge in [-0.15, -0.1) is 0 Å². The maximum absolute atomic E-state index is 8.90. The molecule has 0 saturated carbocycles. The van der Waals surface area contributed by atoms with E-state index in [0.29, 0.717) is 17.1 Å². The van der Waals surface area contributed by atoms with Crippen LogP contribution in [0.2, 0.25) is 0 Å². The number of aromatic nitrogens is 1. The Hall–Kier alpha value is -2.54. The van der Waals surface area contributed by atoms with Gasteiger partial charge in [-0.3, -0.25) is 4.98 Å². The highest BCUT2D eigenvalue weighted by Gasteiger charge is 2.24. The topological polar surface area (TPSA) is 55.1 Å². The third kappa shape index (κ3) is 2.89. The molecule has 1 aromatic heterocycles. The van der Waals surface area contributed by atoms with Crippen LogP contribution >= 0.6 is 0 Å². The molecule has 1 heterocycles. The Morgan fingerprint density at radius 2 is 2.00 bits per heavy atom. The Morgan fingerprint density at radius 1 is 1.20 bits per heavy atom. The molecule has 0 radical (unpaired) electrons. The molecule has 0 unspecified atom stereocenters. The summed E-state index contributed by atoms with van der Waals surface area (Å²) in [6.45, 7) is 3.92. The van der Waals surface area contributed by atoms with E-state index >= 15 is 0 Å². The molecule has 1 aromatic carbocycles. The Kier molecular flexibility index (Phi) is 3.90. The van der Waals surface area contributed by atoms with Gasteiger partial charge in [-0.05, 0) is 32.0 Å². The second-order valence-electron chi connectivity index (χ2n) is 4.83. The molecular weight excluding hydrogens is 252 g/mol. The van der Waals surface area contributed by atoms with Crippen molar-refractivity contribution in [2.75, 3.05) is 7.11 Å². The number of nitriles is 1. The van der Waals surface area contributed by atoms with Gasteiger partial charge in [-0.1, -0.05) is 6.07 Å². The molecule has 0 fully saturated rings. The zero-order chi connectivity index (χ0) is 14.6. The smallest absolute Gasteiger partial charge is 0.162 e. The largest absolute Gasteiger partial charge is 0.493 e. The fourth-order valence-electron chi connectivity index (χ4n) is 1.87. The quantitative estimate of drug-likeness (QED) is 0.854. The third-order valence-electron chi connectivity index (χ3n) is 3.01. The van der Waals surface area contributed by atoms with E-state index in [4.69, 9.17) is 14.7 Å². The highest BCUT2D eigenvalue weighted by molar-refractivity contribution is 5.47. The lowest BCUT2D eigenvalue weighted by Gasteiger charge is -2.27. The number of hydrogen-bond acceptors (Lipinski definition) is 4. The van der Waals surface area contributed by atoms with Gasteiger partial charge in [0.15, 0.2) is 11.5 Å². The molecule has 4 heteroatoms. The van der Waals surface area contributed by atoms with Crippen LogP contribution in [0.15, 0.2) is 42.7 Å². The summed E-state index contributed by atoms with van der Waals surface area (Å²) in [4.78, 5) is 4.11. The molecule has 4 nitrogen and oxygen atoms in total. The second kappa shape index (κ2) is 5.62. The molecule has 20 heavy (non-hydrogen) atoms. The van der Waals surface area contributed by atoms with Gasteiger partial charge in [-0.2, -0.15) is 5.26 Å². The van der Waals surface area contributed by atoms with Crippen LogP contribution in [0.4, 0.5) is 0 Å². The van der Waals surface area contributed by atoms with E-state index in [-0.39, 0.29) is 0 Å². The molecule has 2 rings (SSSR count). The van der Waals surface area contributed by atoms with E-state index in [0.717, 1.165) is 5.56 Å². The Labute approximate surface area is 118 Å². The van der Waals surface area contributed by atoms with Gasteiger partial charge in [0.25, 0.3) is 0 Å². The van der Waals surface area contributed by atoms with Crippen LogP contribution < -0.4 is 9.47 Å². The summed E-state index contributed by atoms with van der Waals surface area (Å²) in [5.41, 5.74) is 0.954. The first-order chi connectivity index (χ1) is 9.56. The highest BCUT2D eigenvalue weighted by atomic mass is 16.5. The number of methoxy groups -OCH3 is 1. The minimum absolute atomic E-state index is 0.536. The first-order valence-electron chi connectivity index (χ1n) is 6.24. The Morgan fingerprint density at radius 3 is 2.60 bits per heavy atom. The van der Waals surface area contributed by atoms with Crippen molar-refractivity contribution in [2.45, 2.75) is 19.4 Å². The molecule has 0 aliphatic carbocycles. The average molecular weight is 268 g/mol. The van der Waals surface area contributed by atoms with Gasteiger partial charge in [-0.25, -0.2) is 0 Å². The van der Waals surface area contributed by atoms with Crippen molar-refractivity contribution in [3.05, 3.63) is 53.9 Å². The summed E-state index contributed by atoms with van der Waals surface area (Å²) in [6, 6.07) is 11.0. The van der Waals surface area contributed by atoms with E-state index in [1.54, 1.807) is 37.7 Å². The van der Waals surface area contributed by atoms with E-state index in [1.165, 1.54) is 0 Å². The van der Waals surface area contributed by atoms with E-state index in [1.807, 2.05) is 26.0 Å². The number of nitrogens with zero attached hydrogens (tertiary/aromatic N) is 2. The third-order valence-corrected chi connectivity index (χ3v) is 3.01. The zero-order valence-corrected chi connectivity index (χ0v) is 11.8. The minimum Gasteiger partial charge on any atom is -0.493 e. The van der Waals surface area contributed by atoms with E-state index in [9.17, 15) is 0 Å². The monoisotopic (exact) mass is 268 g/mol. The lowest BCUT2D eigenvalue weighted by Crippen LogP contribution is -2.25. The summed E-state index contributed by atoms with van der Waals surface area (Å²) in [6.07, 6.45) is 3.50. The van der Waals surface area contributed by atoms with Crippen LogP contribution in [0.5, 0.6) is 11.5 Å². The van der Waals surface area contributed by atoms with E-state index < -0.39 is 5.60 Å². The average Bonchev–Trinajstić information content (AvgIpc) is 2.48. The van der Waals surface area contributed by atoms with Crippen LogP contribution in [0.1, 0.15) is 25.0 Å². The molecule has 0 atom stereocenters. The molecule has 0 N–H and O–H groups in total. The van der Waals surface area contributed by atoms with Gasteiger partial charge >= 0.3 is 0 Å². The van der Waals surface area contributed by atoms with Crippen molar-refractivity contribution in [1.29, 1.82) is 5.26 Å². The number of benzene rings is 1. The lowest BCUT2D eigenvalue weighted by molar-refractivity contribution is 0.104. The van der Waals surface area contributed by atoms with Crippen molar-refractivity contribution >= 4 is 0 Å². The molecule has 2 aromatic rings. The van der Waals surface area contributed by atoms with Gasteiger partial charge in [0.2, 0.25) is 0 Å². The maximum atomic E-state index is 8.90. The van der Waals surface area contributed by atoms with Crippen LogP contribution in [-0.2, 0) is 5.60 Å². The van der Waals surface area contributed by atoms with Gasteiger partial charge in [0, 0.05) is 24.0 Å². The molecule has 0 saturated heterocycles. The summed E-state index contributed by atoms with van der Waals surface area (Å²) in [5.74, 6) is 1.14. The fourth-order valence-corrected chi connectivity index (χ4v) is 1.87. The number of hydrogen-bond donors (Lipinski definition) is 0. The molecule has 0 bridgehead atoms. The molecule has 0 amide bonds. The highest BCUT2D eigenvalue weighted by Crippen LogP contribution is 2.34. The first kappa shape index (κ1) is 13.9. The first-order valence-corrected chi connectivity index (χ1v) is 6.24. The lowest BCUT2D eigenvalue weighted by atomic mass is 10.00. The Balaban J connectivity index is 2.32. The normalized spacial score (nSPS) is 10.7. The van der Waals surface area contributed by atoms with Crippen molar-refractivity contribution in [2.24, 2.45) is 0 Å². The number of pyridine rings is 1. The second-order valence-corrected chi connectivity index (χ2v) is 4.83. The molecule has 0 aliphatic rings. The maximum Gasteiger partial charge on any atom is 0.162 e. The van der Waals surface area contributed by atoms with E-state index in [2.05, 4.69) is 11.1 Å². The predicted molar refractivity (Wildman–Crippen MR) is 75.6 cm³/mol. The van der Waals surface area contributed by atoms with Crippen molar-refractivity contribution in [3.63, 3.8) is 0 Å². The van der Waals surface area contributed by atoms with Crippen LogP contribution in [-0.4, -0.2) is 12.1 Å². The molecular formula is C16H16N2O2. The minimum atomic E-state index is -0.546. The summed E-state index contributed by atoms with van der Waals surface area (Å²) in [7, 11) is 1.56. The molecule has 102 valence electrons. The SMILES string of the molecule is COc1cc(C#N)ccc1OC(C)(C)c1cccnc1. The van der Waals surface area contributed by atoms with Crippen molar-refractivity contribution < 1.29 is 9.47 Å². The van der Waals surface area contributed by atoms with Gasteiger partial charge in [0.05, 0.1) is 18.7 Å². The number of ether oxygens (including phenoxy) is 2.